The second kappa shape index (κ2) is 8.18. The van der Waals surface area contributed by atoms with Crippen LogP contribution in [0.25, 0.3) is 0 Å². The number of carbonyl (C=O) groups is 2. The van der Waals surface area contributed by atoms with Gasteiger partial charge in [0.2, 0.25) is 0 Å². The quantitative estimate of drug-likeness (QED) is 0.696. The summed E-state index contributed by atoms with van der Waals surface area (Å²) in [5, 5.41) is 0. The molecule has 0 N–H and O–H groups in total. The van der Waals surface area contributed by atoms with E-state index in [2.05, 4.69) is 0 Å². The molecule has 19 heavy (non-hydrogen) atoms. The van der Waals surface area contributed by atoms with Crippen LogP contribution in [-0.4, -0.2) is 24.6 Å². The van der Waals surface area contributed by atoms with Gasteiger partial charge in [-0.25, -0.2) is 0 Å². The Labute approximate surface area is 115 Å². The van der Waals surface area contributed by atoms with Gasteiger partial charge in [0.05, 0.1) is 18.4 Å². The van der Waals surface area contributed by atoms with Crippen molar-refractivity contribution in [3.8, 4) is 0 Å². The topological polar surface area (TPSA) is 52.6 Å². The first-order valence-corrected chi connectivity index (χ1v) is 7.51. The maximum absolute atomic E-state index is 12.2. The Morgan fingerprint density at radius 1 is 1.00 bits per heavy atom. The normalized spacial score (nSPS) is 23.2. The van der Waals surface area contributed by atoms with E-state index in [1.165, 1.54) is 0 Å². The van der Waals surface area contributed by atoms with Crippen molar-refractivity contribution in [1.82, 2.24) is 0 Å². The third-order valence-corrected chi connectivity index (χ3v) is 3.85. The fourth-order valence-corrected chi connectivity index (χ4v) is 2.65. The van der Waals surface area contributed by atoms with E-state index in [1.54, 1.807) is 6.92 Å². The molecule has 0 spiro atoms. The zero-order valence-corrected chi connectivity index (χ0v) is 12.3. The number of hydrogen-bond acceptors (Lipinski definition) is 4. The number of rotatable bonds is 6. The Hall–Kier alpha value is -1.06. The van der Waals surface area contributed by atoms with Crippen molar-refractivity contribution in [3.05, 3.63) is 0 Å². The molecule has 0 saturated heterocycles. The van der Waals surface area contributed by atoms with Crippen LogP contribution < -0.4 is 0 Å². The van der Waals surface area contributed by atoms with E-state index < -0.39 is 0 Å². The van der Waals surface area contributed by atoms with Crippen molar-refractivity contribution in [2.24, 2.45) is 11.8 Å². The molecule has 0 aromatic heterocycles. The molecule has 1 aliphatic carbocycles. The van der Waals surface area contributed by atoms with E-state index in [1.807, 2.05) is 13.8 Å². The van der Waals surface area contributed by atoms with Gasteiger partial charge in [0.1, 0.15) is 6.10 Å². The highest BCUT2D eigenvalue weighted by atomic mass is 16.5. The third-order valence-electron chi connectivity index (χ3n) is 3.85. The molecule has 0 radical (unpaired) electrons. The lowest BCUT2D eigenvalue weighted by atomic mass is 9.79. The molecule has 0 amide bonds. The molecule has 1 aliphatic rings. The lowest BCUT2D eigenvalue weighted by Gasteiger charge is -2.29. The number of hydrogen-bond donors (Lipinski definition) is 0. The summed E-state index contributed by atoms with van der Waals surface area (Å²) in [6.07, 6.45) is 5.05. The average molecular weight is 270 g/mol. The van der Waals surface area contributed by atoms with Crippen LogP contribution in [0.2, 0.25) is 0 Å². The first kappa shape index (κ1) is 16.0. The van der Waals surface area contributed by atoms with Gasteiger partial charge in [0.25, 0.3) is 0 Å². The highest BCUT2D eigenvalue weighted by molar-refractivity contribution is 5.82. The Morgan fingerprint density at radius 2 is 1.53 bits per heavy atom. The van der Waals surface area contributed by atoms with Crippen LogP contribution in [0.3, 0.4) is 0 Å². The summed E-state index contributed by atoms with van der Waals surface area (Å²) >= 11 is 0. The van der Waals surface area contributed by atoms with Gasteiger partial charge in [0.15, 0.2) is 0 Å². The SMILES string of the molecule is CCOC(=O)C1CCCCC1C(=O)OC(CC)CC. The zero-order valence-electron chi connectivity index (χ0n) is 12.3. The van der Waals surface area contributed by atoms with Crippen molar-refractivity contribution in [2.75, 3.05) is 6.61 Å². The summed E-state index contributed by atoms with van der Waals surface area (Å²) in [5.74, 6) is -1.08. The minimum absolute atomic E-state index is 0.0303. The van der Waals surface area contributed by atoms with Crippen LogP contribution in [0.1, 0.15) is 59.3 Å². The first-order chi connectivity index (χ1) is 9.13. The lowest BCUT2D eigenvalue weighted by molar-refractivity contribution is -0.166. The van der Waals surface area contributed by atoms with Crippen LogP contribution >= 0.6 is 0 Å². The van der Waals surface area contributed by atoms with Crippen LogP contribution in [0, 0.1) is 11.8 Å². The summed E-state index contributed by atoms with van der Waals surface area (Å²) in [4.78, 5) is 24.1. The Morgan fingerprint density at radius 3 is 2.00 bits per heavy atom. The minimum Gasteiger partial charge on any atom is -0.466 e. The molecule has 1 saturated carbocycles. The summed E-state index contributed by atoms with van der Waals surface area (Å²) < 4.78 is 10.6. The number of carbonyl (C=O) groups excluding carboxylic acids is 2. The molecule has 4 nitrogen and oxygen atoms in total. The summed E-state index contributed by atoms with van der Waals surface area (Å²) in [6.45, 7) is 6.16. The molecule has 2 unspecified atom stereocenters. The van der Waals surface area contributed by atoms with Crippen LogP contribution in [0.15, 0.2) is 0 Å². The second-order valence-electron chi connectivity index (χ2n) is 5.12. The van der Waals surface area contributed by atoms with Gasteiger partial charge in [-0.05, 0) is 32.6 Å². The van der Waals surface area contributed by atoms with Gasteiger partial charge in [-0.2, -0.15) is 0 Å². The van der Waals surface area contributed by atoms with Crippen molar-refractivity contribution in [2.45, 2.75) is 65.4 Å². The largest absolute Gasteiger partial charge is 0.466 e. The molecule has 0 bridgehead atoms. The molecular weight excluding hydrogens is 244 g/mol. The van der Waals surface area contributed by atoms with E-state index in [9.17, 15) is 9.59 Å². The van der Waals surface area contributed by atoms with E-state index in [0.29, 0.717) is 6.61 Å². The van der Waals surface area contributed by atoms with Gasteiger partial charge in [-0.3, -0.25) is 9.59 Å². The fraction of sp³-hybridized carbons (Fsp3) is 0.867. The predicted octanol–water partition coefficient (Wildman–Crippen LogP) is 3.09. The maximum Gasteiger partial charge on any atom is 0.310 e. The van der Waals surface area contributed by atoms with Crippen molar-refractivity contribution in [1.29, 1.82) is 0 Å². The maximum atomic E-state index is 12.2. The van der Waals surface area contributed by atoms with E-state index in [0.717, 1.165) is 38.5 Å². The molecule has 0 heterocycles. The van der Waals surface area contributed by atoms with Gasteiger partial charge in [-0.1, -0.05) is 26.7 Å². The first-order valence-electron chi connectivity index (χ1n) is 7.51. The lowest BCUT2D eigenvalue weighted by Crippen LogP contribution is -2.36. The second-order valence-corrected chi connectivity index (χ2v) is 5.12. The summed E-state index contributed by atoms with van der Waals surface area (Å²) in [5.41, 5.74) is 0. The molecule has 1 rings (SSSR count). The summed E-state index contributed by atoms with van der Waals surface area (Å²) in [6, 6.07) is 0. The van der Waals surface area contributed by atoms with Gasteiger partial charge in [-0.15, -0.1) is 0 Å². The van der Waals surface area contributed by atoms with Gasteiger partial charge in [0, 0.05) is 0 Å². The predicted molar refractivity (Wildman–Crippen MR) is 72.5 cm³/mol. The molecule has 1 fully saturated rings. The summed E-state index contributed by atoms with van der Waals surface area (Å²) in [7, 11) is 0. The smallest absolute Gasteiger partial charge is 0.310 e. The van der Waals surface area contributed by atoms with Gasteiger partial charge < -0.3 is 9.47 Å². The van der Waals surface area contributed by atoms with E-state index in [4.69, 9.17) is 9.47 Å². The highest BCUT2D eigenvalue weighted by Crippen LogP contribution is 2.32. The zero-order chi connectivity index (χ0) is 14.3. The van der Waals surface area contributed by atoms with E-state index in [-0.39, 0.29) is 29.9 Å². The molecule has 110 valence electrons. The van der Waals surface area contributed by atoms with Crippen molar-refractivity contribution >= 4 is 11.9 Å². The standard InChI is InChI=1S/C15H26O4/c1-4-11(5-2)19-15(17)13-10-8-7-9-12(13)14(16)18-6-3/h11-13H,4-10H2,1-3H3. The Kier molecular flexibility index (Phi) is 6.89. The molecule has 0 aromatic carbocycles. The molecule has 0 aliphatic heterocycles. The molecular formula is C15H26O4. The van der Waals surface area contributed by atoms with E-state index >= 15 is 0 Å². The van der Waals surface area contributed by atoms with Crippen LogP contribution in [0.5, 0.6) is 0 Å². The number of esters is 2. The fourth-order valence-electron chi connectivity index (χ4n) is 2.65. The third kappa shape index (κ3) is 4.51. The molecule has 2 atom stereocenters. The minimum atomic E-state index is -0.312. The monoisotopic (exact) mass is 270 g/mol. The average Bonchev–Trinajstić information content (AvgIpc) is 2.44. The number of ether oxygens (including phenoxy) is 2. The van der Waals surface area contributed by atoms with Gasteiger partial charge >= 0.3 is 11.9 Å². The van der Waals surface area contributed by atoms with Crippen LogP contribution in [-0.2, 0) is 19.1 Å². The highest BCUT2D eigenvalue weighted by Gasteiger charge is 2.38. The van der Waals surface area contributed by atoms with Crippen LogP contribution in [0.4, 0.5) is 0 Å². The Balaban J connectivity index is 2.65. The van der Waals surface area contributed by atoms with Crippen molar-refractivity contribution < 1.29 is 19.1 Å². The Bertz CT molecular complexity index is 297. The van der Waals surface area contributed by atoms with Crippen molar-refractivity contribution in [3.63, 3.8) is 0 Å². The molecule has 4 heteroatoms. The molecule has 0 aromatic rings.